The Balaban J connectivity index is 2.51. The third-order valence-electron chi connectivity index (χ3n) is 2.35. The maximum absolute atomic E-state index is 11.6. The summed E-state index contributed by atoms with van der Waals surface area (Å²) >= 11 is 0. The fraction of sp³-hybridized carbons (Fsp3) is 0.222. The second kappa shape index (κ2) is 4.28. The number of hydrogen-bond acceptors (Lipinski definition) is 6. The van der Waals surface area contributed by atoms with Crippen molar-refractivity contribution in [2.45, 2.75) is 0 Å². The highest BCUT2D eigenvalue weighted by Crippen LogP contribution is 2.04. The zero-order valence-corrected chi connectivity index (χ0v) is 9.67. The molecule has 9 heteroatoms. The smallest absolute Gasteiger partial charge is 0.310 e. The molecule has 2 rings (SSSR count). The van der Waals surface area contributed by atoms with E-state index in [2.05, 4.69) is 20.5 Å². The van der Waals surface area contributed by atoms with Crippen molar-refractivity contribution in [2.24, 2.45) is 14.1 Å². The van der Waals surface area contributed by atoms with Gasteiger partial charge in [-0.15, -0.1) is 10.2 Å². The van der Waals surface area contributed by atoms with E-state index in [1.807, 2.05) is 0 Å². The molecule has 18 heavy (non-hydrogen) atoms. The lowest BCUT2D eigenvalue weighted by Gasteiger charge is -2.09. The summed E-state index contributed by atoms with van der Waals surface area (Å²) in [4.78, 5) is 36.5. The first-order valence-corrected chi connectivity index (χ1v) is 4.95. The molecule has 0 aliphatic carbocycles. The lowest BCUT2D eigenvalue weighted by molar-refractivity contribution is 0.691. The Kier molecular flexibility index (Phi) is 2.80. The number of aromatic nitrogens is 5. The number of anilines is 2. The fourth-order valence-electron chi connectivity index (χ4n) is 1.34. The van der Waals surface area contributed by atoms with Crippen LogP contribution in [-0.2, 0) is 14.1 Å². The second-order valence-electron chi connectivity index (χ2n) is 3.58. The summed E-state index contributed by atoms with van der Waals surface area (Å²) in [7, 11) is 2.86. The van der Waals surface area contributed by atoms with Gasteiger partial charge in [0, 0.05) is 20.2 Å². The number of hydrogen-bond donors (Lipinski definition) is 2. The summed E-state index contributed by atoms with van der Waals surface area (Å²) in [5.74, 6) is 0.255. The topological polar surface area (TPSA) is 115 Å². The largest absolute Gasteiger partial charge is 0.332 e. The standard InChI is InChI=1S/C9H10N6O3/c1-14-5(3-7(17)15(2)9(14)18)11-8-12-6(16)4-10-13-8/h3-4H,1-2H3,(H2,11,12,13,16). The Morgan fingerprint density at radius 1 is 1.22 bits per heavy atom. The molecule has 0 aliphatic heterocycles. The van der Waals surface area contributed by atoms with Crippen LogP contribution in [-0.4, -0.2) is 24.3 Å². The van der Waals surface area contributed by atoms with Gasteiger partial charge in [0.25, 0.3) is 11.1 Å². The normalized spacial score (nSPS) is 10.3. The molecule has 0 atom stereocenters. The Morgan fingerprint density at radius 2 is 1.94 bits per heavy atom. The van der Waals surface area contributed by atoms with E-state index < -0.39 is 16.8 Å². The second-order valence-corrected chi connectivity index (χ2v) is 3.58. The molecule has 0 saturated carbocycles. The van der Waals surface area contributed by atoms with Crippen molar-refractivity contribution in [3.8, 4) is 0 Å². The molecule has 0 bridgehead atoms. The molecule has 0 amide bonds. The van der Waals surface area contributed by atoms with Crippen LogP contribution in [0.3, 0.4) is 0 Å². The van der Waals surface area contributed by atoms with E-state index in [1.165, 1.54) is 24.7 Å². The van der Waals surface area contributed by atoms with Gasteiger partial charge >= 0.3 is 5.69 Å². The van der Waals surface area contributed by atoms with Crippen molar-refractivity contribution in [1.29, 1.82) is 0 Å². The van der Waals surface area contributed by atoms with E-state index in [4.69, 9.17) is 0 Å². The zero-order valence-electron chi connectivity index (χ0n) is 9.67. The van der Waals surface area contributed by atoms with Gasteiger partial charge in [-0.2, -0.15) is 0 Å². The van der Waals surface area contributed by atoms with Crippen molar-refractivity contribution < 1.29 is 0 Å². The van der Waals surface area contributed by atoms with Crippen molar-refractivity contribution in [2.75, 3.05) is 5.32 Å². The monoisotopic (exact) mass is 250 g/mol. The highest BCUT2D eigenvalue weighted by atomic mass is 16.2. The van der Waals surface area contributed by atoms with Crippen molar-refractivity contribution in [3.05, 3.63) is 43.5 Å². The molecule has 2 aromatic heterocycles. The molecule has 2 aromatic rings. The number of aromatic amines is 1. The highest BCUT2D eigenvalue weighted by molar-refractivity contribution is 5.46. The summed E-state index contributed by atoms with van der Waals surface area (Å²) in [6, 6.07) is 1.22. The molecule has 0 saturated heterocycles. The Morgan fingerprint density at radius 3 is 2.61 bits per heavy atom. The van der Waals surface area contributed by atoms with Crippen LogP contribution in [0.5, 0.6) is 0 Å². The number of nitrogens with one attached hydrogen (secondary N) is 2. The fourth-order valence-corrected chi connectivity index (χ4v) is 1.34. The van der Waals surface area contributed by atoms with Gasteiger partial charge < -0.3 is 5.32 Å². The third-order valence-corrected chi connectivity index (χ3v) is 2.35. The average molecular weight is 250 g/mol. The van der Waals surface area contributed by atoms with Crippen LogP contribution in [0.15, 0.2) is 26.6 Å². The van der Waals surface area contributed by atoms with Crippen LogP contribution < -0.4 is 22.1 Å². The molecule has 0 fully saturated rings. The molecule has 2 heterocycles. The first-order chi connectivity index (χ1) is 8.49. The molecule has 9 nitrogen and oxygen atoms in total. The van der Waals surface area contributed by atoms with Crippen molar-refractivity contribution >= 4 is 11.8 Å². The van der Waals surface area contributed by atoms with E-state index in [0.717, 1.165) is 10.8 Å². The molecule has 0 unspecified atom stereocenters. The van der Waals surface area contributed by atoms with Crippen LogP contribution in [0.4, 0.5) is 11.8 Å². The van der Waals surface area contributed by atoms with Gasteiger partial charge in [0.1, 0.15) is 12.0 Å². The van der Waals surface area contributed by atoms with Gasteiger partial charge in [0.15, 0.2) is 0 Å². The molecular formula is C9H10N6O3. The lowest BCUT2D eigenvalue weighted by Crippen LogP contribution is -2.37. The van der Waals surface area contributed by atoms with Crippen LogP contribution in [0.1, 0.15) is 0 Å². The van der Waals surface area contributed by atoms with Crippen LogP contribution in [0.25, 0.3) is 0 Å². The van der Waals surface area contributed by atoms with Crippen LogP contribution in [0.2, 0.25) is 0 Å². The predicted octanol–water partition coefficient (Wildman–Crippen LogP) is -1.69. The van der Waals surface area contributed by atoms with Gasteiger partial charge in [0.05, 0.1) is 0 Å². The summed E-state index contributed by atoms with van der Waals surface area (Å²) in [6.45, 7) is 0. The first-order valence-electron chi connectivity index (χ1n) is 4.95. The zero-order chi connectivity index (χ0) is 13.3. The molecule has 2 N–H and O–H groups in total. The van der Waals surface area contributed by atoms with E-state index in [0.29, 0.717) is 0 Å². The number of H-pyrrole nitrogens is 1. The summed E-state index contributed by atoms with van der Waals surface area (Å²) in [6.07, 6.45) is 1.01. The molecule has 0 aromatic carbocycles. The minimum atomic E-state index is -0.490. The first kappa shape index (κ1) is 11.8. The molecule has 94 valence electrons. The quantitative estimate of drug-likeness (QED) is 0.657. The maximum Gasteiger partial charge on any atom is 0.332 e. The van der Waals surface area contributed by atoms with Gasteiger partial charge in [-0.1, -0.05) is 0 Å². The highest BCUT2D eigenvalue weighted by Gasteiger charge is 2.06. The van der Waals surface area contributed by atoms with E-state index in [-0.39, 0.29) is 11.8 Å². The van der Waals surface area contributed by atoms with Crippen molar-refractivity contribution in [3.63, 3.8) is 0 Å². The molecule has 0 aliphatic rings. The summed E-state index contributed by atoms with van der Waals surface area (Å²) in [5, 5.41) is 9.70. The molecular weight excluding hydrogens is 240 g/mol. The minimum Gasteiger partial charge on any atom is -0.310 e. The van der Waals surface area contributed by atoms with Gasteiger partial charge in [-0.3, -0.25) is 23.7 Å². The number of nitrogens with zero attached hydrogens (tertiary/aromatic N) is 4. The van der Waals surface area contributed by atoms with E-state index in [9.17, 15) is 14.4 Å². The van der Waals surface area contributed by atoms with Gasteiger partial charge in [0.2, 0.25) is 5.95 Å². The minimum absolute atomic E-state index is 0.0470. The van der Waals surface area contributed by atoms with Gasteiger partial charge in [-0.25, -0.2) is 4.79 Å². The predicted molar refractivity (Wildman–Crippen MR) is 62.9 cm³/mol. The van der Waals surface area contributed by atoms with Crippen molar-refractivity contribution in [1.82, 2.24) is 24.3 Å². The maximum atomic E-state index is 11.6. The van der Waals surface area contributed by atoms with Gasteiger partial charge in [-0.05, 0) is 0 Å². The molecule has 0 radical (unpaired) electrons. The average Bonchev–Trinajstić information content (AvgIpc) is 2.33. The lowest BCUT2D eigenvalue weighted by atomic mass is 10.5. The Labute approximate surface area is 99.7 Å². The third kappa shape index (κ3) is 2.05. The number of rotatable bonds is 2. The van der Waals surface area contributed by atoms with E-state index in [1.54, 1.807) is 0 Å². The summed E-state index contributed by atoms with van der Waals surface area (Å²) < 4.78 is 2.18. The molecule has 0 spiro atoms. The SMILES string of the molecule is Cn1c(Nc2nncc(=O)[nH]2)cc(=O)n(C)c1=O. The van der Waals surface area contributed by atoms with Crippen LogP contribution in [0, 0.1) is 0 Å². The summed E-state index contributed by atoms with van der Waals surface area (Å²) in [5.41, 5.74) is -1.40. The van der Waals surface area contributed by atoms with E-state index >= 15 is 0 Å². The Bertz CT molecular complexity index is 756. The van der Waals surface area contributed by atoms with Crippen LogP contribution >= 0.6 is 0 Å². The Hall–Kier alpha value is -2.71.